The van der Waals surface area contributed by atoms with E-state index < -0.39 is 0 Å². The number of carbonyl (C=O) groups excluding carboxylic acids is 1. The summed E-state index contributed by atoms with van der Waals surface area (Å²) in [6.45, 7) is 2.43. The van der Waals surface area contributed by atoms with E-state index in [1.165, 1.54) is 23.6 Å². The fraction of sp³-hybridized carbons (Fsp3) is 0.389. The Bertz CT molecular complexity index is 654. The highest BCUT2D eigenvalue weighted by molar-refractivity contribution is 5.85. The van der Waals surface area contributed by atoms with Gasteiger partial charge >= 0.3 is 0 Å². The summed E-state index contributed by atoms with van der Waals surface area (Å²) in [4.78, 5) is 12.3. The number of carbonyl (C=O) groups is 1. The Labute approximate surface area is 137 Å². The zero-order valence-electron chi connectivity index (χ0n) is 12.8. The summed E-state index contributed by atoms with van der Waals surface area (Å²) in [6, 6.07) is 14.4. The van der Waals surface area contributed by atoms with Crippen molar-refractivity contribution < 1.29 is 4.79 Å². The molecular weight excluding hydrogens is 296 g/mol. The lowest BCUT2D eigenvalue weighted by Crippen LogP contribution is -2.37. The lowest BCUT2D eigenvalue weighted by molar-refractivity contribution is -0.125. The van der Waals surface area contributed by atoms with Crippen LogP contribution in [0.5, 0.6) is 0 Å². The van der Waals surface area contributed by atoms with E-state index in [1.807, 2.05) is 19.1 Å². The molecule has 1 aliphatic carbocycles. The quantitative estimate of drug-likeness (QED) is 0.887. The SMILES string of the molecule is CC(C(=O)NC(CN)c1ccc2ccccc2c1)C1CC1.Cl. The van der Waals surface area contributed by atoms with Crippen LogP contribution in [0.2, 0.25) is 0 Å². The minimum absolute atomic E-state index is 0. The van der Waals surface area contributed by atoms with Gasteiger partial charge in [0.1, 0.15) is 0 Å². The summed E-state index contributed by atoms with van der Waals surface area (Å²) >= 11 is 0. The first-order chi connectivity index (χ1) is 10.2. The number of halogens is 1. The molecule has 2 unspecified atom stereocenters. The number of benzene rings is 2. The molecule has 0 aromatic heterocycles. The molecule has 1 aliphatic rings. The molecule has 3 rings (SSSR count). The fourth-order valence-electron chi connectivity index (χ4n) is 2.82. The van der Waals surface area contributed by atoms with Gasteiger partial charge in [0.05, 0.1) is 6.04 Å². The number of rotatable bonds is 5. The first-order valence-corrected chi connectivity index (χ1v) is 7.68. The number of hydrogen-bond acceptors (Lipinski definition) is 2. The Hall–Kier alpha value is -1.58. The van der Waals surface area contributed by atoms with Gasteiger partial charge in [-0.05, 0) is 41.2 Å². The van der Waals surface area contributed by atoms with Crippen LogP contribution in [0.3, 0.4) is 0 Å². The standard InChI is InChI=1S/C18H22N2O.ClH/c1-12(13-6-7-13)18(21)20-17(11-19)16-9-8-14-4-2-3-5-15(14)10-16;/h2-5,8-10,12-13,17H,6-7,11,19H2,1H3,(H,20,21);1H. The number of nitrogens with two attached hydrogens (primary N) is 1. The molecule has 22 heavy (non-hydrogen) atoms. The lowest BCUT2D eigenvalue weighted by Gasteiger charge is -2.20. The fourth-order valence-corrected chi connectivity index (χ4v) is 2.82. The maximum absolute atomic E-state index is 12.3. The molecule has 0 aliphatic heterocycles. The van der Waals surface area contributed by atoms with Gasteiger partial charge in [0, 0.05) is 12.5 Å². The van der Waals surface area contributed by atoms with Crippen molar-refractivity contribution in [2.45, 2.75) is 25.8 Å². The predicted octanol–water partition coefficient (Wildman–Crippen LogP) is 3.42. The van der Waals surface area contributed by atoms with Crippen LogP contribution in [0.25, 0.3) is 10.8 Å². The molecule has 0 spiro atoms. The van der Waals surface area contributed by atoms with E-state index in [-0.39, 0.29) is 30.3 Å². The van der Waals surface area contributed by atoms with Crippen LogP contribution in [-0.2, 0) is 4.79 Å². The van der Waals surface area contributed by atoms with Crippen molar-refractivity contribution in [1.29, 1.82) is 0 Å². The second kappa shape index (κ2) is 7.12. The minimum Gasteiger partial charge on any atom is -0.348 e. The van der Waals surface area contributed by atoms with E-state index in [1.54, 1.807) is 0 Å². The Morgan fingerprint density at radius 1 is 1.23 bits per heavy atom. The second-order valence-corrected chi connectivity index (χ2v) is 6.03. The number of nitrogens with one attached hydrogen (secondary N) is 1. The maximum atomic E-state index is 12.3. The van der Waals surface area contributed by atoms with Crippen LogP contribution in [0.15, 0.2) is 42.5 Å². The van der Waals surface area contributed by atoms with Gasteiger partial charge < -0.3 is 11.1 Å². The molecule has 2 aromatic rings. The van der Waals surface area contributed by atoms with Crippen molar-refractivity contribution in [1.82, 2.24) is 5.32 Å². The molecule has 1 amide bonds. The molecule has 0 heterocycles. The van der Waals surface area contributed by atoms with Crippen LogP contribution in [0, 0.1) is 11.8 Å². The molecule has 3 nitrogen and oxygen atoms in total. The summed E-state index contributed by atoms with van der Waals surface area (Å²) < 4.78 is 0. The number of amides is 1. The van der Waals surface area contributed by atoms with Crippen molar-refractivity contribution in [3.63, 3.8) is 0 Å². The van der Waals surface area contributed by atoms with Crippen LogP contribution >= 0.6 is 12.4 Å². The summed E-state index contributed by atoms with van der Waals surface area (Å²) in [5.74, 6) is 0.792. The molecule has 0 radical (unpaired) electrons. The van der Waals surface area contributed by atoms with Gasteiger partial charge in [0.2, 0.25) is 5.91 Å². The van der Waals surface area contributed by atoms with Gasteiger partial charge in [0.25, 0.3) is 0 Å². The van der Waals surface area contributed by atoms with Gasteiger partial charge in [-0.25, -0.2) is 0 Å². The molecular formula is C18H23ClN2O. The summed E-state index contributed by atoms with van der Waals surface area (Å²) in [5.41, 5.74) is 6.95. The molecule has 2 aromatic carbocycles. The third-order valence-corrected chi connectivity index (χ3v) is 4.47. The van der Waals surface area contributed by atoms with E-state index in [4.69, 9.17) is 5.73 Å². The zero-order chi connectivity index (χ0) is 14.8. The first-order valence-electron chi connectivity index (χ1n) is 7.68. The van der Waals surface area contributed by atoms with Gasteiger partial charge in [-0.2, -0.15) is 0 Å². The maximum Gasteiger partial charge on any atom is 0.223 e. The first kappa shape index (κ1) is 16.8. The zero-order valence-corrected chi connectivity index (χ0v) is 13.6. The van der Waals surface area contributed by atoms with E-state index >= 15 is 0 Å². The summed E-state index contributed by atoms with van der Waals surface area (Å²) in [7, 11) is 0. The van der Waals surface area contributed by atoms with Crippen molar-refractivity contribution in [3.05, 3.63) is 48.0 Å². The highest BCUT2D eigenvalue weighted by Crippen LogP contribution is 2.36. The lowest BCUT2D eigenvalue weighted by atomic mass is 10.00. The molecule has 1 saturated carbocycles. The highest BCUT2D eigenvalue weighted by atomic mass is 35.5. The molecule has 1 fully saturated rings. The van der Waals surface area contributed by atoms with Gasteiger partial charge in [0.15, 0.2) is 0 Å². The van der Waals surface area contributed by atoms with Gasteiger partial charge in [-0.3, -0.25) is 4.79 Å². The number of hydrogen-bond donors (Lipinski definition) is 2. The molecule has 4 heteroatoms. The molecule has 3 N–H and O–H groups in total. The van der Waals surface area contributed by atoms with Crippen LogP contribution in [0.4, 0.5) is 0 Å². The van der Waals surface area contributed by atoms with Gasteiger partial charge in [-0.15, -0.1) is 12.4 Å². The molecule has 0 saturated heterocycles. The van der Waals surface area contributed by atoms with Crippen LogP contribution in [-0.4, -0.2) is 12.5 Å². The molecule has 0 bridgehead atoms. The van der Waals surface area contributed by atoms with E-state index in [9.17, 15) is 4.79 Å². The van der Waals surface area contributed by atoms with Crippen molar-refractivity contribution >= 4 is 29.1 Å². The highest BCUT2D eigenvalue weighted by Gasteiger charge is 2.33. The Balaban J connectivity index is 0.00000176. The topological polar surface area (TPSA) is 55.1 Å². The second-order valence-electron chi connectivity index (χ2n) is 6.03. The van der Waals surface area contributed by atoms with E-state index in [2.05, 4.69) is 35.6 Å². The molecule has 2 atom stereocenters. The van der Waals surface area contributed by atoms with Crippen molar-refractivity contribution in [2.24, 2.45) is 17.6 Å². The summed E-state index contributed by atoms with van der Waals surface area (Å²) in [6.07, 6.45) is 2.36. The predicted molar refractivity (Wildman–Crippen MR) is 93.0 cm³/mol. The monoisotopic (exact) mass is 318 g/mol. The Kier molecular flexibility index (Phi) is 5.43. The summed E-state index contributed by atoms with van der Waals surface area (Å²) in [5, 5.41) is 5.49. The number of fused-ring (bicyclic) bond motifs is 1. The largest absolute Gasteiger partial charge is 0.348 e. The third kappa shape index (κ3) is 3.60. The van der Waals surface area contributed by atoms with E-state index in [0.29, 0.717) is 12.5 Å². The Morgan fingerprint density at radius 2 is 1.91 bits per heavy atom. The van der Waals surface area contributed by atoms with Crippen LogP contribution < -0.4 is 11.1 Å². The van der Waals surface area contributed by atoms with Crippen molar-refractivity contribution in [3.8, 4) is 0 Å². The average Bonchev–Trinajstić information content (AvgIpc) is 3.36. The minimum atomic E-state index is -0.108. The van der Waals surface area contributed by atoms with Gasteiger partial charge in [-0.1, -0.05) is 43.3 Å². The van der Waals surface area contributed by atoms with Crippen molar-refractivity contribution in [2.75, 3.05) is 6.54 Å². The smallest absolute Gasteiger partial charge is 0.223 e. The Morgan fingerprint density at radius 3 is 2.55 bits per heavy atom. The third-order valence-electron chi connectivity index (χ3n) is 4.47. The molecule has 118 valence electrons. The van der Waals surface area contributed by atoms with E-state index in [0.717, 1.165) is 5.56 Å². The average molecular weight is 319 g/mol. The van der Waals surface area contributed by atoms with Crippen LogP contribution in [0.1, 0.15) is 31.4 Å². The normalized spacial score (nSPS) is 16.6.